The lowest BCUT2D eigenvalue weighted by atomic mass is 9.89. The smallest absolute Gasteiger partial charge is 0.272 e. The molecule has 2 aliphatic rings. The molecule has 1 aliphatic heterocycles. The van der Waals surface area contributed by atoms with Gasteiger partial charge < -0.3 is 15.1 Å². The van der Waals surface area contributed by atoms with E-state index >= 15 is 0 Å². The summed E-state index contributed by atoms with van der Waals surface area (Å²) in [6.45, 7) is 11.0. The van der Waals surface area contributed by atoms with Crippen LogP contribution in [-0.4, -0.2) is 69.5 Å². The second-order valence-corrected chi connectivity index (χ2v) is 11.1. The standard InChI is InChI=1S/C27H45N5O3/c1-19(2)9-12-24(33)31-15-6-8-25(34)32(17-13-20(3)4)21-10-11-23-22(18-21)26(29-30(23)5)27(35)28-14-7-16-31/h19-21H,6-18H2,1-5H3,(H,28,35). The molecule has 8 nitrogen and oxygen atoms in total. The largest absolute Gasteiger partial charge is 0.351 e. The Bertz CT molecular complexity index is 892. The van der Waals surface area contributed by atoms with Gasteiger partial charge in [-0.3, -0.25) is 19.1 Å². The number of carbonyl (C=O) groups is 3. The van der Waals surface area contributed by atoms with Gasteiger partial charge in [-0.2, -0.15) is 5.10 Å². The van der Waals surface area contributed by atoms with E-state index in [2.05, 4.69) is 43.0 Å². The topological polar surface area (TPSA) is 87.5 Å². The van der Waals surface area contributed by atoms with Gasteiger partial charge >= 0.3 is 0 Å². The van der Waals surface area contributed by atoms with Crippen LogP contribution < -0.4 is 5.32 Å². The Balaban J connectivity index is 1.83. The van der Waals surface area contributed by atoms with Crippen LogP contribution in [-0.2, 0) is 29.5 Å². The number of nitrogens with zero attached hydrogens (tertiary/aromatic N) is 4. The molecule has 2 heterocycles. The fourth-order valence-corrected chi connectivity index (χ4v) is 5.18. The van der Waals surface area contributed by atoms with Crippen LogP contribution in [0.4, 0.5) is 0 Å². The third kappa shape index (κ3) is 7.31. The Morgan fingerprint density at radius 1 is 1.06 bits per heavy atom. The highest BCUT2D eigenvalue weighted by Gasteiger charge is 2.33. The molecule has 3 rings (SSSR count). The van der Waals surface area contributed by atoms with Crippen molar-refractivity contribution < 1.29 is 14.4 Å². The van der Waals surface area contributed by atoms with Gasteiger partial charge in [-0.1, -0.05) is 27.7 Å². The predicted molar refractivity (Wildman–Crippen MR) is 137 cm³/mol. The van der Waals surface area contributed by atoms with Gasteiger partial charge in [0.05, 0.1) is 0 Å². The number of rotatable bonds is 6. The van der Waals surface area contributed by atoms with Gasteiger partial charge in [-0.25, -0.2) is 0 Å². The van der Waals surface area contributed by atoms with Crippen LogP contribution >= 0.6 is 0 Å². The zero-order valence-electron chi connectivity index (χ0n) is 22.4. The third-order valence-electron chi connectivity index (χ3n) is 7.35. The van der Waals surface area contributed by atoms with E-state index in [-0.39, 0.29) is 23.8 Å². The van der Waals surface area contributed by atoms with Crippen molar-refractivity contribution in [3.63, 3.8) is 0 Å². The molecule has 8 heteroatoms. The van der Waals surface area contributed by atoms with Crippen LogP contribution in [0.3, 0.4) is 0 Å². The fraction of sp³-hybridized carbons (Fsp3) is 0.778. The van der Waals surface area contributed by atoms with Crippen LogP contribution in [0.25, 0.3) is 0 Å². The van der Waals surface area contributed by atoms with Gasteiger partial charge in [-0.15, -0.1) is 0 Å². The summed E-state index contributed by atoms with van der Waals surface area (Å²) in [6, 6.07) is 0.0819. The highest BCUT2D eigenvalue weighted by atomic mass is 16.2. The molecule has 3 amide bonds. The number of carbonyl (C=O) groups excluding carboxylic acids is 3. The van der Waals surface area contributed by atoms with Gasteiger partial charge in [0, 0.05) is 63.4 Å². The molecule has 1 aromatic heterocycles. The summed E-state index contributed by atoms with van der Waals surface area (Å²) >= 11 is 0. The number of nitrogens with one attached hydrogen (secondary N) is 1. The first-order valence-corrected chi connectivity index (χ1v) is 13.6. The molecule has 0 aromatic carbocycles. The highest BCUT2D eigenvalue weighted by Crippen LogP contribution is 2.28. The number of hydrogen-bond donors (Lipinski definition) is 1. The van der Waals surface area contributed by atoms with Gasteiger partial charge in [-0.05, 0) is 56.8 Å². The van der Waals surface area contributed by atoms with Crippen LogP contribution in [0.15, 0.2) is 0 Å². The minimum Gasteiger partial charge on any atom is -0.351 e. The van der Waals surface area contributed by atoms with E-state index in [9.17, 15) is 14.4 Å². The maximum Gasteiger partial charge on any atom is 0.272 e. The van der Waals surface area contributed by atoms with Crippen LogP contribution in [0.1, 0.15) is 94.4 Å². The zero-order chi connectivity index (χ0) is 25.5. The van der Waals surface area contributed by atoms with Crippen molar-refractivity contribution in [2.24, 2.45) is 18.9 Å². The van der Waals surface area contributed by atoms with E-state index in [1.54, 1.807) is 0 Å². The van der Waals surface area contributed by atoms with Gasteiger partial charge in [0.25, 0.3) is 5.91 Å². The minimum atomic E-state index is -0.157. The van der Waals surface area contributed by atoms with Crippen LogP contribution in [0, 0.1) is 11.8 Å². The Hall–Kier alpha value is -2.38. The maximum atomic E-state index is 13.4. The van der Waals surface area contributed by atoms with Gasteiger partial charge in [0.1, 0.15) is 0 Å². The SMILES string of the molecule is CC(C)CCC(=O)N1CCCNC(=O)c2nn(C)c3c2CC(CC3)N(CCC(C)C)C(=O)CCC1. The quantitative estimate of drug-likeness (QED) is 0.667. The number of amides is 3. The summed E-state index contributed by atoms with van der Waals surface area (Å²) in [5, 5.41) is 7.58. The summed E-state index contributed by atoms with van der Waals surface area (Å²) in [7, 11) is 1.90. The minimum absolute atomic E-state index is 0.0819. The number of hydrogen-bond acceptors (Lipinski definition) is 4. The molecule has 0 saturated heterocycles. The molecule has 1 atom stereocenters. The van der Waals surface area contributed by atoms with E-state index in [1.807, 2.05) is 16.6 Å². The van der Waals surface area contributed by atoms with Gasteiger partial charge in [0.2, 0.25) is 11.8 Å². The normalized spacial score (nSPS) is 20.1. The first-order chi connectivity index (χ1) is 16.7. The third-order valence-corrected chi connectivity index (χ3v) is 7.35. The van der Waals surface area contributed by atoms with E-state index < -0.39 is 0 Å². The monoisotopic (exact) mass is 487 g/mol. The van der Waals surface area contributed by atoms with E-state index in [0.29, 0.717) is 69.3 Å². The lowest BCUT2D eigenvalue weighted by Crippen LogP contribution is -2.45. The summed E-state index contributed by atoms with van der Waals surface area (Å²) in [4.78, 5) is 43.3. The summed E-state index contributed by atoms with van der Waals surface area (Å²) in [6.07, 6.45) is 6.54. The average Bonchev–Trinajstić information content (AvgIpc) is 3.14. The summed E-state index contributed by atoms with van der Waals surface area (Å²) < 4.78 is 1.83. The van der Waals surface area contributed by atoms with E-state index in [1.165, 1.54) is 0 Å². The molecule has 35 heavy (non-hydrogen) atoms. The molecule has 2 bridgehead atoms. The molecule has 0 spiro atoms. The molecule has 0 saturated carbocycles. The van der Waals surface area contributed by atoms with E-state index in [0.717, 1.165) is 43.5 Å². The fourth-order valence-electron chi connectivity index (χ4n) is 5.18. The maximum absolute atomic E-state index is 13.4. The molecule has 0 fully saturated rings. The van der Waals surface area contributed by atoms with Gasteiger partial charge in [0.15, 0.2) is 5.69 Å². The first-order valence-electron chi connectivity index (χ1n) is 13.6. The van der Waals surface area contributed by atoms with Crippen LogP contribution in [0.5, 0.6) is 0 Å². The van der Waals surface area contributed by atoms with E-state index in [4.69, 9.17) is 0 Å². The molecule has 1 N–H and O–H groups in total. The molecule has 1 unspecified atom stereocenters. The lowest BCUT2D eigenvalue weighted by molar-refractivity contribution is -0.135. The Morgan fingerprint density at radius 3 is 2.49 bits per heavy atom. The summed E-state index contributed by atoms with van der Waals surface area (Å²) in [5.41, 5.74) is 2.58. The van der Waals surface area contributed by atoms with Crippen molar-refractivity contribution in [1.82, 2.24) is 24.9 Å². The summed E-state index contributed by atoms with van der Waals surface area (Å²) in [5.74, 6) is 1.13. The molecule has 0 radical (unpaired) electrons. The first kappa shape index (κ1) is 27.2. The highest BCUT2D eigenvalue weighted by molar-refractivity contribution is 5.94. The van der Waals surface area contributed by atoms with Crippen molar-refractivity contribution in [3.05, 3.63) is 17.0 Å². The molecule has 1 aromatic rings. The van der Waals surface area contributed by atoms with Crippen molar-refractivity contribution in [2.75, 3.05) is 26.2 Å². The molecular weight excluding hydrogens is 442 g/mol. The zero-order valence-corrected chi connectivity index (χ0v) is 22.4. The Kier molecular flexibility index (Phi) is 9.75. The lowest BCUT2D eigenvalue weighted by Gasteiger charge is -2.35. The predicted octanol–water partition coefficient (Wildman–Crippen LogP) is 3.33. The van der Waals surface area contributed by atoms with Crippen molar-refractivity contribution >= 4 is 17.7 Å². The second kappa shape index (κ2) is 12.5. The molecule has 196 valence electrons. The second-order valence-electron chi connectivity index (χ2n) is 11.1. The Morgan fingerprint density at radius 2 is 1.77 bits per heavy atom. The van der Waals surface area contributed by atoms with Crippen LogP contribution in [0.2, 0.25) is 0 Å². The average molecular weight is 488 g/mol. The molecular formula is C27H45N5O3. The number of aryl methyl sites for hydroxylation is 1. The van der Waals surface area contributed by atoms with Crippen molar-refractivity contribution in [3.8, 4) is 0 Å². The van der Waals surface area contributed by atoms with Crippen molar-refractivity contribution in [1.29, 1.82) is 0 Å². The number of fused-ring (bicyclic) bond motifs is 1. The molecule has 1 aliphatic carbocycles. The number of aromatic nitrogens is 2. The Labute approximate surface area is 210 Å². The van der Waals surface area contributed by atoms with Crippen molar-refractivity contribution in [2.45, 2.75) is 91.5 Å².